The van der Waals surface area contributed by atoms with Crippen molar-refractivity contribution in [1.29, 1.82) is 0 Å². The van der Waals surface area contributed by atoms with Crippen LogP contribution in [0, 0.1) is 0 Å². The Morgan fingerprint density at radius 2 is 1.95 bits per heavy atom. The Hall–Kier alpha value is -1.70. The van der Waals surface area contributed by atoms with Gasteiger partial charge in [-0.05, 0) is 39.8 Å². The van der Waals surface area contributed by atoms with Gasteiger partial charge in [-0.1, -0.05) is 6.07 Å². The molecule has 112 valence electrons. The first-order valence-corrected chi connectivity index (χ1v) is 6.74. The molecule has 0 bridgehead atoms. The molecule has 0 amide bonds. The van der Waals surface area contributed by atoms with Gasteiger partial charge in [0.25, 0.3) is 0 Å². The zero-order valence-corrected chi connectivity index (χ0v) is 12.7. The van der Waals surface area contributed by atoms with E-state index in [1.165, 1.54) is 0 Å². The van der Waals surface area contributed by atoms with Crippen LogP contribution in [0.3, 0.4) is 0 Å². The molecule has 2 heterocycles. The van der Waals surface area contributed by atoms with E-state index in [9.17, 15) is 10.1 Å². The fourth-order valence-electron chi connectivity index (χ4n) is 1.60. The molecule has 21 heavy (non-hydrogen) atoms. The van der Waals surface area contributed by atoms with E-state index in [-0.39, 0.29) is 0 Å². The number of hydrogen-bond acceptors (Lipinski definition) is 5. The molecule has 0 aromatic carbocycles. The van der Waals surface area contributed by atoms with E-state index in [0.717, 1.165) is 0 Å². The van der Waals surface area contributed by atoms with E-state index in [0.29, 0.717) is 11.4 Å². The van der Waals surface area contributed by atoms with Crippen molar-refractivity contribution < 1.29 is 14.8 Å². The second kappa shape index (κ2) is 5.59. The van der Waals surface area contributed by atoms with Crippen LogP contribution in [0.5, 0.6) is 0 Å². The third-order valence-electron chi connectivity index (χ3n) is 3.66. The highest BCUT2D eigenvalue weighted by Crippen LogP contribution is 2.25. The number of rotatable bonds is 5. The van der Waals surface area contributed by atoms with E-state index in [1.54, 1.807) is 69.2 Å². The molecule has 0 unspecified atom stereocenters. The molecule has 7 heteroatoms. The first-order valence-electron chi connectivity index (χ1n) is 6.74. The number of aromatic nitrogens is 3. The predicted octanol–water partition coefficient (Wildman–Crippen LogP) is 0.521. The van der Waals surface area contributed by atoms with Crippen molar-refractivity contribution in [2.24, 2.45) is 0 Å². The fourth-order valence-corrected chi connectivity index (χ4v) is 1.60. The number of nitrogens with zero attached hydrogens (tertiary/aromatic N) is 3. The first kappa shape index (κ1) is 15.7. The van der Waals surface area contributed by atoms with Crippen LogP contribution in [-0.4, -0.2) is 43.0 Å². The van der Waals surface area contributed by atoms with Gasteiger partial charge in [-0.3, -0.25) is 4.57 Å². The van der Waals surface area contributed by atoms with E-state index < -0.39 is 18.3 Å². The van der Waals surface area contributed by atoms with Gasteiger partial charge in [0, 0.05) is 12.4 Å². The zero-order valence-electron chi connectivity index (χ0n) is 12.7. The van der Waals surface area contributed by atoms with Crippen LogP contribution in [0.25, 0.3) is 5.82 Å². The predicted molar refractivity (Wildman–Crippen MR) is 80.4 cm³/mol. The molecular weight excluding hydrogens is 269 g/mol. The first-order chi connectivity index (χ1) is 9.71. The summed E-state index contributed by atoms with van der Waals surface area (Å²) in [5, 5.41) is 20.3. The molecule has 0 aliphatic rings. The van der Waals surface area contributed by atoms with Crippen molar-refractivity contribution in [1.82, 2.24) is 14.5 Å². The topological polar surface area (TPSA) is 80.4 Å². The van der Waals surface area contributed by atoms with Gasteiger partial charge < -0.3 is 14.8 Å². The van der Waals surface area contributed by atoms with Gasteiger partial charge in [-0.2, -0.15) is 0 Å². The van der Waals surface area contributed by atoms with Gasteiger partial charge in [-0.25, -0.2) is 9.97 Å². The summed E-state index contributed by atoms with van der Waals surface area (Å²) in [6.45, 7) is 6.70. The van der Waals surface area contributed by atoms with Crippen LogP contribution in [0.2, 0.25) is 0 Å². The Morgan fingerprint density at radius 1 is 1.24 bits per heavy atom. The summed E-state index contributed by atoms with van der Waals surface area (Å²) in [5.41, 5.74) is -1.66. The number of aliphatic hydroxyl groups is 1. The van der Waals surface area contributed by atoms with E-state index >= 15 is 0 Å². The zero-order chi connectivity index (χ0) is 15.7. The standard InChI is InChI=1S/C14H20BN3O3/c1-13(2,19)14(3,4)21-15(20)11-6-5-7-12(17-11)18-9-8-16-10-18/h5-10,19-20H,1-4H3. The van der Waals surface area contributed by atoms with Gasteiger partial charge in [0.05, 0.1) is 16.8 Å². The van der Waals surface area contributed by atoms with E-state index in [1.807, 2.05) is 0 Å². The van der Waals surface area contributed by atoms with Crippen molar-refractivity contribution in [2.75, 3.05) is 0 Å². The molecule has 0 aliphatic carbocycles. The number of hydrogen-bond donors (Lipinski definition) is 2. The van der Waals surface area contributed by atoms with Crippen LogP contribution in [0.15, 0.2) is 36.9 Å². The van der Waals surface area contributed by atoms with Crippen molar-refractivity contribution in [3.05, 3.63) is 36.9 Å². The van der Waals surface area contributed by atoms with Crippen molar-refractivity contribution >= 4 is 12.7 Å². The summed E-state index contributed by atoms with van der Waals surface area (Å²) >= 11 is 0. The normalized spacial score (nSPS) is 12.5. The monoisotopic (exact) mass is 289 g/mol. The maximum absolute atomic E-state index is 10.2. The van der Waals surface area contributed by atoms with E-state index in [4.69, 9.17) is 4.65 Å². The Labute approximate surface area is 124 Å². The summed E-state index contributed by atoms with van der Waals surface area (Å²) < 4.78 is 7.31. The third kappa shape index (κ3) is 3.50. The summed E-state index contributed by atoms with van der Waals surface area (Å²) in [5.74, 6) is 0.633. The van der Waals surface area contributed by atoms with E-state index in [2.05, 4.69) is 9.97 Å². The largest absolute Gasteiger partial charge is 0.511 e. The maximum Gasteiger partial charge on any atom is 0.511 e. The van der Waals surface area contributed by atoms with Gasteiger partial charge in [0.15, 0.2) is 0 Å². The molecule has 2 aromatic rings. The molecule has 0 saturated carbocycles. The summed E-state index contributed by atoms with van der Waals surface area (Å²) in [6.07, 6.45) is 5.04. The molecule has 0 fully saturated rings. The molecule has 0 radical (unpaired) electrons. The lowest BCUT2D eigenvalue weighted by Crippen LogP contribution is -2.53. The summed E-state index contributed by atoms with van der Waals surface area (Å²) in [6, 6.07) is 5.26. The molecule has 0 aliphatic heterocycles. The lowest BCUT2D eigenvalue weighted by atomic mass is 9.80. The van der Waals surface area contributed by atoms with Crippen LogP contribution in [0.4, 0.5) is 0 Å². The number of pyridine rings is 1. The lowest BCUT2D eigenvalue weighted by Gasteiger charge is -2.38. The van der Waals surface area contributed by atoms with Gasteiger partial charge in [0.1, 0.15) is 12.1 Å². The van der Waals surface area contributed by atoms with Crippen LogP contribution in [-0.2, 0) is 4.65 Å². The molecule has 6 nitrogen and oxygen atoms in total. The smallest absolute Gasteiger partial charge is 0.422 e. The Balaban J connectivity index is 2.21. The van der Waals surface area contributed by atoms with Gasteiger partial charge in [-0.15, -0.1) is 0 Å². The Morgan fingerprint density at radius 3 is 2.52 bits per heavy atom. The minimum atomic E-state index is -1.23. The van der Waals surface area contributed by atoms with Gasteiger partial charge in [0.2, 0.25) is 0 Å². The van der Waals surface area contributed by atoms with Crippen molar-refractivity contribution in [2.45, 2.75) is 38.9 Å². The highest BCUT2D eigenvalue weighted by Gasteiger charge is 2.40. The highest BCUT2D eigenvalue weighted by atomic mass is 16.5. The molecule has 2 aromatic heterocycles. The second-order valence-electron chi connectivity index (χ2n) is 5.93. The fraction of sp³-hybridized carbons (Fsp3) is 0.429. The molecule has 2 N–H and O–H groups in total. The van der Waals surface area contributed by atoms with Crippen LogP contribution >= 0.6 is 0 Å². The van der Waals surface area contributed by atoms with Crippen molar-refractivity contribution in [3.8, 4) is 5.82 Å². The molecular formula is C14H20BN3O3. The summed E-state index contributed by atoms with van der Waals surface area (Å²) in [7, 11) is -1.23. The second-order valence-corrected chi connectivity index (χ2v) is 5.93. The SMILES string of the molecule is CC(C)(O)C(C)(C)OB(O)c1cccc(-n2ccnc2)n1. The molecule has 2 rings (SSSR count). The maximum atomic E-state index is 10.2. The Bertz CT molecular complexity index is 594. The Kier molecular flexibility index (Phi) is 4.18. The average Bonchev–Trinajstić information content (AvgIpc) is 2.91. The highest BCUT2D eigenvalue weighted by molar-refractivity contribution is 6.59. The third-order valence-corrected chi connectivity index (χ3v) is 3.66. The molecule has 0 spiro atoms. The van der Waals surface area contributed by atoms with Gasteiger partial charge >= 0.3 is 7.12 Å². The number of imidazole rings is 1. The van der Waals surface area contributed by atoms with Crippen LogP contribution in [0.1, 0.15) is 27.7 Å². The lowest BCUT2D eigenvalue weighted by molar-refractivity contribution is -0.0983. The average molecular weight is 289 g/mol. The minimum Gasteiger partial charge on any atom is -0.422 e. The van der Waals surface area contributed by atoms with Crippen molar-refractivity contribution in [3.63, 3.8) is 0 Å². The molecule has 0 atom stereocenters. The minimum absolute atomic E-state index is 0.374. The van der Waals surface area contributed by atoms with Crippen LogP contribution < -0.4 is 5.59 Å². The quantitative estimate of drug-likeness (QED) is 0.784. The summed E-state index contributed by atoms with van der Waals surface area (Å²) in [4.78, 5) is 8.31. The molecule has 0 saturated heterocycles.